The molecule has 1 heterocycles. The van der Waals surface area contributed by atoms with Gasteiger partial charge in [0, 0.05) is 18.1 Å². The summed E-state index contributed by atoms with van der Waals surface area (Å²) in [4.78, 5) is 0. The molecule has 92 valence electrons. The van der Waals surface area contributed by atoms with Gasteiger partial charge in [0.15, 0.2) is 0 Å². The predicted molar refractivity (Wildman–Crippen MR) is 62.4 cm³/mol. The molecule has 2 aliphatic rings. The van der Waals surface area contributed by atoms with E-state index in [9.17, 15) is 9.50 Å². The van der Waals surface area contributed by atoms with E-state index in [4.69, 9.17) is 4.74 Å². The van der Waals surface area contributed by atoms with E-state index >= 15 is 0 Å². The Labute approximate surface area is 100 Å². The fourth-order valence-corrected chi connectivity index (χ4v) is 2.93. The monoisotopic (exact) mass is 236 g/mol. The maximum absolute atomic E-state index is 13.2. The Morgan fingerprint density at radius 2 is 2.24 bits per heavy atom. The molecule has 3 heteroatoms. The van der Waals surface area contributed by atoms with Crippen molar-refractivity contribution in [2.75, 3.05) is 0 Å². The second-order valence-corrected chi connectivity index (χ2v) is 5.20. The lowest BCUT2D eigenvalue weighted by atomic mass is 9.83. The van der Waals surface area contributed by atoms with Crippen molar-refractivity contribution in [2.24, 2.45) is 5.92 Å². The summed E-state index contributed by atoms with van der Waals surface area (Å²) in [6.45, 7) is 2.08. The number of fused-ring (bicyclic) bond motifs is 1. The molecule has 0 saturated heterocycles. The van der Waals surface area contributed by atoms with Gasteiger partial charge in [-0.2, -0.15) is 0 Å². The van der Waals surface area contributed by atoms with E-state index < -0.39 is 6.10 Å². The molecule has 1 unspecified atom stereocenters. The Balaban J connectivity index is 2.00. The summed E-state index contributed by atoms with van der Waals surface area (Å²) in [6.07, 6.45) is 3.29. The van der Waals surface area contributed by atoms with Gasteiger partial charge in [0.2, 0.25) is 0 Å². The zero-order valence-corrected chi connectivity index (χ0v) is 9.95. The Kier molecular flexibility index (Phi) is 2.40. The molecule has 3 rings (SSSR count). The third-order valence-electron chi connectivity index (χ3n) is 4.11. The van der Waals surface area contributed by atoms with Gasteiger partial charge in [-0.15, -0.1) is 0 Å². The summed E-state index contributed by atoms with van der Waals surface area (Å²) in [6, 6.07) is 4.40. The molecule has 2 atom stereocenters. The van der Waals surface area contributed by atoms with E-state index in [-0.39, 0.29) is 11.4 Å². The van der Waals surface area contributed by atoms with E-state index in [1.165, 1.54) is 12.1 Å². The van der Waals surface area contributed by atoms with Gasteiger partial charge in [0.25, 0.3) is 0 Å². The minimum atomic E-state index is -0.528. The van der Waals surface area contributed by atoms with Crippen molar-refractivity contribution in [3.8, 4) is 5.75 Å². The molecule has 1 saturated carbocycles. The summed E-state index contributed by atoms with van der Waals surface area (Å²) >= 11 is 0. The molecule has 1 aliphatic heterocycles. The van der Waals surface area contributed by atoms with Gasteiger partial charge in [-0.3, -0.25) is 0 Å². The molecule has 1 aromatic carbocycles. The first-order chi connectivity index (χ1) is 8.14. The summed E-state index contributed by atoms with van der Waals surface area (Å²) < 4.78 is 19.3. The van der Waals surface area contributed by atoms with E-state index in [0.29, 0.717) is 18.1 Å². The topological polar surface area (TPSA) is 29.5 Å². The molecule has 1 fully saturated rings. The SMILES string of the molecule is CCC1(C2CC2)C[C@@H](O)c2ccc(F)cc2O1. The molecule has 1 N–H and O–H groups in total. The fourth-order valence-electron chi connectivity index (χ4n) is 2.93. The van der Waals surface area contributed by atoms with Crippen molar-refractivity contribution in [2.45, 2.75) is 44.3 Å². The highest BCUT2D eigenvalue weighted by molar-refractivity contribution is 5.39. The second-order valence-electron chi connectivity index (χ2n) is 5.20. The van der Waals surface area contributed by atoms with E-state index in [2.05, 4.69) is 6.92 Å². The van der Waals surface area contributed by atoms with Gasteiger partial charge in [-0.05, 0) is 37.3 Å². The normalized spacial score (nSPS) is 31.8. The average molecular weight is 236 g/mol. The number of hydrogen-bond acceptors (Lipinski definition) is 2. The third kappa shape index (κ3) is 1.73. The summed E-state index contributed by atoms with van der Waals surface area (Å²) in [7, 11) is 0. The van der Waals surface area contributed by atoms with E-state index in [0.717, 1.165) is 24.8 Å². The van der Waals surface area contributed by atoms with E-state index in [1.807, 2.05) is 0 Å². The highest BCUT2D eigenvalue weighted by Crippen LogP contribution is 2.52. The Morgan fingerprint density at radius 1 is 1.47 bits per heavy atom. The smallest absolute Gasteiger partial charge is 0.128 e. The van der Waals surface area contributed by atoms with Gasteiger partial charge in [0.1, 0.15) is 17.2 Å². The summed E-state index contributed by atoms with van der Waals surface area (Å²) in [5.74, 6) is 0.745. The molecule has 0 amide bonds. The van der Waals surface area contributed by atoms with Crippen LogP contribution >= 0.6 is 0 Å². The zero-order chi connectivity index (χ0) is 12.0. The van der Waals surface area contributed by atoms with Gasteiger partial charge in [-0.1, -0.05) is 6.92 Å². The fraction of sp³-hybridized carbons (Fsp3) is 0.571. The van der Waals surface area contributed by atoms with Crippen LogP contribution in [0.15, 0.2) is 18.2 Å². The van der Waals surface area contributed by atoms with Crippen LogP contribution in [0.1, 0.15) is 44.3 Å². The van der Waals surface area contributed by atoms with Crippen LogP contribution in [0.5, 0.6) is 5.75 Å². The van der Waals surface area contributed by atoms with Crippen molar-refractivity contribution in [3.05, 3.63) is 29.6 Å². The van der Waals surface area contributed by atoms with Crippen LogP contribution in [0.25, 0.3) is 0 Å². The maximum Gasteiger partial charge on any atom is 0.128 e. The molecule has 0 aromatic heterocycles. The summed E-state index contributed by atoms with van der Waals surface area (Å²) in [5, 5.41) is 10.2. The van der Waals surface area contributed by atoms with Crippen LogP contribution in [0.4, 0.5) is 4.39 Å². The quantitative estimate of drug-likeness (QED) is 0.854. The minimum absolute atomic E-state index is 0.278. The van der Waals surface area contributed by atoms with Gasteiger partial charge in [-0.25, -0.2) is 4.39 Å². The first-order valence-corrected chi connectivity index (χ1v) is 6.31. The van der Waals surface area contributed by atoms with Crippen molar-refractivity contribution >= 4 is 0 Å². The lowest BCUT2D eigenvalue weighted by Crippen LogP contribution is -2.42. The molecule has 0 spiro atoms. The molecular weight excluding hydrogens is 219 g/mol. The lowest BCUT2D eigenvalue weighted by Gasteiger charge is -2.40. The Hall–Kier alpha value is -1.09. The zero-order valence-electron chi connectivity index (χ0n) is 9.95. The van der Waals surface area contributed by atoms with E-state index in [1.54, 1.807) is 6.07 Å². The number of aliphatic hydroxyl groups is 1. The van der Waals surface area contributed by atoms with Crippen LogP contribution in [0, 0.1) is 11.7 Å². The number of hydrogen-bond donors (Lipinski definition) is 1. The second kappa shape index (κ2) is 3.70. The average Bonchev–Trinajstić information content (AvgIpc) is 3.12. The van der Waals surface area contributed by atoms with Crippen molar-refractivity contribution in [3.63, 3.8) is 0 Å². The highest BCUT2D eigenvalue weighted by atomic mass is 19.1. The highest BCUT2D eigenvalue weighted by Gasteiger charge is 2.50. The standard InChI is InChI=1S/C14H17FO2/c1-2-14(9-3-4-9)8-12(16)11-6-5-10(15)7-13(11)17-14/h5-7,9,12,16H,2-4,8H2,1H3/t12-,14?/m1/s1. The largest absolute Gasteiger partial charge is 0.486 e. The molecule has 1 aliphatic carbocycles. The van der Waals surface area contributed by atoms with Crippen LogP contribution in [-0.2, 0) is 0 Å². The number of rotatable bonds is 2. The van der Waals surface area contributed by atoms with Crippen molar-refractivity contribution in [1.29, 1.82) is 0 Å². The van der Waals surface area contributed by atoms with Gasteiger partial charge in [0.05, 0.1) is 6.10 Å². The number of ether oxygens (including phenoxy) is 1. The van der Waals surface area contributed by atoms with Crippen LogP contribution in [0.3, 0.4) is 0 Å². The summed E-state index contributed by atoms with van der Waals surface area (Å²) in [5.41, 5.74) is 0.441. The Bertz CT molecular complexity index is 442. The third-order valence-corrected chi connectivity index (χ3v) is 4.11. The number of benzene rings is 1. The van der Waals surface area contributed by atoms with Gasteiger partial charge >= 0.3 is 0 Å². The molecule has 0 radical (unpaired) electrons. The first-order valence-electron chi connectivity index (χ1n) is 6.31. The van der Waals surface area contributed by atoms with Crippen molar-refractivity contribution in [1.82, 2.24) is 0 Å². The lowest BCUT2D eigenvalue weighted by molar-refractivity contribution is -0.0330. The predicted octanol–water partition coefficient (Wildman–Crippen LogP) is 3.20. The van der Waals surface area contributed by atoms with Crippen LogP contribution < -0.4 is 4.74 Å². The molecule has 2 nitrogen and oxygen atoms in total. The molecule has 0 bridgehead atoms. The first kappa shape index (κ1) is 11.0. The number of aliphatic hydroxyl groups excluding tert-OH is 1. The van der Waals surface area contributed by atoms with Crippen LogP contribution in [0.2, 0.25) is 0 Å². The van der Waals surface area contributed by atoms with Crippen LogP contribution in [-0.4, -0.2) is 10.7 Å². The maximum atomic E-state index is 13.2. The minimum Gasteiger partial charge on any atom is -0.486 e. The number of halogens is 1. The van der Waals surface area contributed by atoms with Crippen molar-refractivity contribution < 1.29 is 14.2 Å². The molecule has 1 aromatic rings. The Morgan fingerprint density at radius 3 is 2.88 bits per heavy atom. The molecule has 17 heavy (non-hydrogen) atoms. The molecular formula is C14H17FO2. The van der Waals surface area contributed by atoms with Gasteiger partial charge < -0.3 is 9.84 Å².